The van der Waals surface area contributed by atoms with Crippen LogP contribution in [0.15, 0.2) is 16.6 Å². The lowest BCUT2D eigenvalue weighted by Gasteiger charge is -2.29. The summed E-state index contributed by atoms with van der Waals surface area (Å²) in [6, 6.07) is 3.98. The van der Waals surface area contributed by atoms with Gasteiger partial charge in [-0.05, 0) is 26.0 Å². The smallest absolute Gasteiger partial charge is 0.167 e. The zero-order valence-electron chi connectivity index (χ0n) is 12.4. The van der Waals surface area contributed by atoms with Crippen molar-refractivity contribution in [3.8, 4) is 11.5 Å². The van der Waals surface area contributed by atoms with Crippen molar-refractivity contribution in [3.63, 3.8) is 0 Å². The molecule has 20 heavy (non-hydrogen) atoms. The molecule has 0 spiro atoms. The summed E-state index contributed by atoms with van der Waals surface area (Å²) in [6.07, 6.45) is 0.125. The Kier molecular flexibility index (Phi) is 5.69. The molecule has 2 rings (SSSR count). The number of benzene rings is 1. The van der Waals surface area contributed by atoms with Crippen molar-refractivity contribution in [2.45, 2.75) is 26.5 Å². The molecule has 5 heteroatoms. The quantitative estimate of drug-likeness (QED) is 0.891. The fourth-order valence-electron chi connectivity index (χ4n) is 2.35. The van der Waals surface area contributed by atoms with E-state index < -0.39 is 0 Å². The maximum Gasteiger partial charge on any atom is 0.167 e. The van der Waals surface area contributed by atoms with E-state index >= 15 is 0 Å². The van der Waals surface area contributed by atoms with Crippen LogP contribution in [0.1, 0.15) is 19.4 Å². The van der Waals surface area contributed by atoms with Crippen LogP contribution in [0.25, 0.3) is 0 Å². The van der Waals surface area contributed by atoms with Crippen molar-refractivity contribution in [2.24, 2.45) is 0 Å². The van der Waals surface area contributed by atoms with E-state index in [9.17, 15) is 0 Å². The van der Waals surface area contributed by atoms with Crippen molar-refractivity contribution in [2.75, 3.05) is 33.3 Å². The minimum atomic E-state index is 0.125. The van der Waals surface area contributed by atoms with Gasteiger partial charge in [0.2, 0.25) is 0 Å². The topological polar surface area (TPSA) is 33.7 Å². The molecule has 1 heterocycles. The maximum atomic E-state index is 5.99. The van der Waals surface area contributed by atoms with Gasteiger partial charge in [-0.25, -0.2) is 0 Å². The predicted octanol–water partition coefficient (Wildman–Crippen LogP) is 2.65. The average molecular weight is 343 g/mol. The van der Waals surface area contributed by atoms with Gasteiger partial charge in [0.25, 0.3) is 0 Å². The lowest BCUT2D eigenvalue weighted by molar-refractivity contribution is 0.207. The normalized spacial score (nSPS) is 16.4. The van der Waals surface area contributed by atoms with Gasteiger partial charge < -0.3 is 14.8 Å². The summed E-state index contributed by atoms with van der Waals surface area (Å²) in [6.45, 7) is 9.16. The summed E-state index contributed by atoms with van der Waals surface area (Å²) >= 11 is 3.65. The largest absolute Gasteiger partial charge is 0.493 e. The number of hydrogen-bond donors (Lipinski definition) is 1. The Morgan fingerprint density at radius 2 is 2.00 bits per heavy atom. The van der Waals surface area contributed by atoms with E-state index in [2.05, 4.69) is 26.1 Å². The molecule has 1 aliphatic heterocycles. The minimum absolute atomic E-state index is 0.125. The minimum Gasteiger partial charge on any atom is -0.493 e. The van der Waals surface area contributed by atoms with Crippen molar-refractivity contribution in [1.82, 2.24) is 10.2 Å². The third kappa shape index (κ3) is 3.87. The second-order valence-corrected chi connectivity index (χ2v) is 6.10. The molecule has 112 valence electrons. The average Bonchev–Trinajstić information content (AvgIpc) is 2.44. The Morgan fingerprint density at radius 3 is 2.60 bits per heavy atom. The zero-order chi connectivity index (χ0) is 14.5. The number of piperazine rings is 1. The van der Waals surface area contributed by atoms with Gasteiger partial charge in [0, 0.05) is 42.8 Å². The summed E-state index contributed by atoms with van der Waals surface area (Å²) in [5, 5.41) is 3.38. The number of halogens is 1. The van der Waals surface area contributed by atoms with E-state index in [0.29, 0.717) is 0 Å². The molecule has 0 aliphatic carbocycles. The molecule has 1 saturated heterocycles. The van der Waals surface area contributed by atoms with E-state index in [1.54, 1.807) is 7.11 Å². The van der Waals surface area contributed by atoms with Crippen LogP contribution in [0.4, 0.5) is 0 Å². The third-order valence-electron chi connectivity index (χ3n) is 3.33. The van der Waals surface area contributed by atoms with Crippen LogP contribution in [0.3, 0.4) is 0 Å². The van der Waals surface area contributed by atoms with Gasteiger partial charge in [-0.3, -0.25) is 4.90 Å². The molecule has 1 aromatic rings. The number of nitrogens with one attached hydrogen (secondary N) is 1. The van der Waals surface area contributed by atoms with Crippen LogP contribution in [0, 0.1) is 0 Å². The van der Waals surface area contributed by atoms with Crippen LogP contribution in [-0.4, -0.2) is 44.3 Å². The SMILES string of the molecule is COc1ccc(Br)c(CN2CCNCC2)c1OC(C)C. The molecule has 0 saturated carbocycles. The number of ether oxygens (including phenoxy) is 2. The monoisotopic (exact) mass is 342 g/mol. The second kappa shape index (κ2) is 7.29. The standard InChI is InChI=1S/C15H23BrN2O2/c1-11(2)20-15-12(10-18-8-6-17-7-9-18)13(16)4-5-14(15)19-3/h4-5,11,17H,6-10H2,1-3H3. The fourth-order valence-corrected chi connectivity index (χ4v) is 2.79. The van der Waals surface area contributed by atoms with Crippen molar-refractivity contribution < 1.29 is 9.47 Å². The Hall–Kier alpha value is -0.780. The fraction of sp³-hybridized carbons (Fsp3) is 0.600. The van der Waals surface area contributed by atoms with Crippen molar-refractivity contribution >= 4 is 15.9 Å². The number of rotatable bonds is 5. The highest BCUT2D eigenvalue weighted by Crippen LogP contribution is 2.37. The van der Waals surface area contributed by atoms with E-state index in [4.69, 9.17) is 9.47 Å². The summed E-state index contributed by atoms with van der Waals surface area (Å²) in [5.41, 5.74) is 1.17. The van der Waals surface area contributed by atoms with Crippen LogP contribution in [-0.2, 0) is 6.54 Å². The molecule has 0 atom stereocenters. The molecule has 0 radical (unpaired) electrons. The predicted molar refractivity (Wildman–Crippen MR) is 84.6 cm³/mol. The van der Waals surface area contributed by atoms with Gasteiger partial charge >= 0.3 is 0 Å². The molecule has 1 aliphatic rings. The first-order valence-electron chi connectivity index (χ1n) is 7.07. The number of hydrogen-bond acceptors (Lipinski definition) is 4. The van der Waals surface area contributed by atoms with Gasteiger partial charge in [-0.15, -0.1) is 0 Å². The van der Waals surface area contributed by atoms with Crippen LogP contribution < -0.4 is 14.8 Å². The van der Waals surface area contributed by atoms with Gasteiger partial charge in [-0.2, -0.15) is 0 Å². The molecular weight excluding hydrogens is 320 g/mol. The molecule has 0 amide bonds. The van der Waals surface area contributed by atoms with Crippen molar-refractivity contribution in [1.29, 1.82) is 0 Å². The van der Waals surface area contributed by atoms with E-state index in [-0.39, 0.29) is 6.10 Å². The number of nitrogens with zero attached hydrogens (tertiary/aromatic N) is 1. The Balaban J connectivity index is 2.27. The van der Waals surface area contributed by atoms with E-state index in [1.165, 1.54) is 5.56 Å². The molecule has 1 N–H and O–H groups in total. The Morgan fingerprint density at radius 1 is 1.30 bits per heavy atom. The summed E-state index contributed by atoms with van der Waals surface area (Å²) in [5.74, 6) is 1.66. The molecule has 1 fully saturated rings. The number of methoxy groups -OCH3 is 1. The third-order valence-corrected chi connectivity index (χ3v) is 4.07. The Labute approximate surface area is 129 Å². The molecule has 0 aromatic heterocycles. The van der Waals surface area contributed by atoms with Crippen molar-refractivity contribution in [3.05, 3.63) is 22.2 Å². The summed E-state index contributed by atoms with van der Waals surface area (Å²) in [7, 11) is 1.69. The van der Waals surface area contributed by atoms with Crippen LogP contribution in [0.2, 0.25) is 0 Å². The first kappa shape index (κ1) is 15.6. The highest BCUT2D eigenvalue weighted by molar-refractivity contribution is 9.10. The lowest BCUT2D eigenvalue weighted by Crippen LogP contribution is -2.43. The van der Waals surface area contributed by atoms with Gasteiger partial charge in [0.1, 0.15) is 0 Å². The van der Waals surface area contributed by atoms with E-state index in [0.717, 1.165) is 48.7 Å². The van der Waals surface area contributed by atoms with Gasteiger partial charge in [-0.1, -0.05) is 15.9 Å². The van der Waals surface area contributed by atoms with Crippen LogP contribution in [0.5, 0.6) is 11.5 Å². The Bertz CT molecular complexity index is 446. The zero-order valence-corrected chi connectivity index (χ0v) is 14.0. The molecule has 1 aromatic carbocycles. The first-order chi connectivity index (χ1) is 9.61. The molecule has 4 nitrogen and oxygen atoms in total. The maximum absolute atomic E-state index is 5.99. The first-order valence-corrected chi connectivity index (χ1v) is 7.86. The van der Waals surface area contributed by atoms with Gasteiger partial charge in [0.05, 0.1) is 13.2 Å². The highest BCUT2D eigenvalue weighted by atomic mass is 79.9. The summed E-state index contributed by atoms with van der Waals surface area (Å²) in [4.78, 5) is 2.43. The molecule has 0 unspecified atom stereocenters. The molecule has 0 bridgehead atoms. The van der Waals surface area contributed by atoms with Gasteiger partial charge in [0.15, 0.2) is 11.5 Å². The lowest BCUT2D eigenvalue weighted by atomic mass is 10.1. The molecular formula is C15H23BrN2O2. The second-order valence-electron chi connectivity index (χ2n) is 5.25. The summed E-state index contributed by atoms with van der Waals surface area (Å²) < 4.78 is 12.5. The van der Waals surface area contributed by atoms with Crippen LogP contribution >= 0.6 is 15.9 Å². The van der Waals surface area contributed by atoms with E-state index in [1.807, 2.05) is 26.0 Å². The highest BCUT2D eigenvalue weighted by Gasteiger charge is 2.19.